The van der Waals surface area contributed by atoms with Crippen LogP contribution >= 0.6 is 11.8 Å². The van der Waals surface area contributed by atoms with Crippen molar-refractivity contribution in [3.05, 3.63) is 0 Å². The first kappa shape index (κ1) is 15.6. The fourth-order valence-corrected chi connectivity index (χ4v) is 3.76. The fourth-order valence-electron chi connectivity index (χ4n) is 2.57. The monoisotopic (exact) mass is 302 g/mol. The molecule has 0 aromatic carbocycles. The number of ether oxygens (including phenoxy) is 1. The Morgan fingerprint density at radius 2 is 2.15 bits per heavy atom. The first-order chi connectivity index (χ1) is 9.59. The van der Waals surface area contributed by atoms with Gasteiger partial charge in [-0.2, -0.15) is 11.8 Å². The summed E-state index contributed by atoms with van der Waals surface area (Å²) >= 11 is 1.80. The van der Waals surface area contributed by atoms with Gasteiger partial charge >= 0.3 is 6.03 Å². The van der Waals surface area contributed by atoms with E-state index in [0.717, 1.165) is 16.4 Å². The van der Waals surface area contributed by atoms with Gasteiger partial charge in [-0.25, -0.2) is 4.79 Å². The summed E-state index contributed by atoms with van der Waals surface area (Å²) in [5.74, 6) is 1.58. The van der Waals surface area contributed by atoms with Crippen LogP contribution in [0, 0.1) is 0 Å². The molecular formula is C13H22N2O4S. The first-order valence-electron chi connectivity index (χ1n) is 7.07. The highest BCUT2D eigenvalue weighted by Crippen LogP contribution is 2.32. The van der Waals surface area contributed by atoms with E-state index in [9.17, 15) is 14.7 Å². The Kier molecular flexibility index (Phi) is 5.29. The maximum atomic E-state index is 12.4. The van der Waals surface area contributed by atoms with Gasteiger partial charge in [-0.1, -0.05) is 0 Å². The van der Waals surface area contributed by atoms with Gasteiger partial charge in [-0.05, 0) is 37.7 Å². The lowest BCUT2D eigenvalue weighted by atomic mass is 9.92. The minimum atomic E-state index is -0.732. The summed E-state index contributed by atoms with van der Waals surface area (Å²) in [7, 11) is 0. The van der Waals surface area contributed by atoms with Crippen molar-refractivity contribution in [2.45, 2.75) is 37.8 Å². The summed E-state index contributed by atoms with van der Waals surface area (Å²) in [6.07, 6.45) is 1.04. The number of β-amino-alcohol motifs (C(OH)–C–C–N with tert-alkyl or cyclic N) is 1. The molecule has 0 aromatic rings. The van der Waals surface area contributed by atoms with Crippen LogP contribution in [0.4, 0.5) is 4.79 Å². The van der Waals surface area contributed by atoms with Crippen molar-refractivity contribution < 1.29 is 19.4 Å². The number of carbonyl (C=O) groups is 2. The van der Waals surface area contributed by atoms with Crippen molar-refractivity contribution in [2.75, 3.05) is 31.3 Å². The van der Waals surface area contributed by atoms with E-state index < -0.39 is 11.6 Å². The first-order valence-corrected chi connectivity index (χ1v) is 8.22. The highest BCUT2D eigenvalue weighted by atomic mass is 32.2. The van der Waals surface area contributed by atoms with Crippen LogP contribution in [-0.2, 0) is 9.53 Å². The zero-order valence-corrected chi connectivity index (χ0v) is 12.6. The van der Waals surface area contributed by atoms with Gasteiger partial charge in [-0.3, -0.25) is 9.69 Å². The third-order valence-electron chi connectivity index (χ3n) is 3.79. The maximum Gasteiger partial charge on any atom is 0.325 e. The number of hydrogen-bond donors (Lipinski definition) is 2. The van der Waals surface area contributed by atoms with E-state index in [2.05, 4.69) is 5.32 Å². The van der Waals surface area contributed by atoms with Crippen LogP contribution in [-0.4, -0.2) is 64.9 Å². The van der Waals surface area contributed by atoms with E-state index in [4.69, 9.17) is 4.74 Å². The molecule has 0 aromatic heterocycles. The molecule has 2 heterocycles. The van der Waals surface area contributed by atoms with E-state index in [1.54, 1.807) is 11.8 Å². The molecule has 2 aliphatic heterocycles. The van der Waals surface area contributed by atoms with Gasteiger partial charge in [0.1, 0.15) is 5.54 Å². The van der Waals surface area contributed by atoms with Crippen molar-refractivity contribution in [1.29, 1.82) is 0 Å². The van der Waals surface area contributed by atoms with E-state index in [-0.39, 0.29) is 18.5 Å². The normalized spacial score (nSPS) is 23.2. The summed E-state index contributed by atoms with van der Waals surface area (Å²) in [6.45, 7) is 2.96. The number of nitrogens with zero attached hydrogens (tertiary/aromatic N) is 1. The Labute approximate surface area is 123 Å². The lowest BCUT2D eigenvalue weighted by Gasteiger charge is -2.30. The molecule has 1 unspecified atom stereocenters. The van der Waals surface area contributed by atoms with E-state index in [0.29, 0.717) is 32.5 Å². The van der Waals surface area contributed by atoms with Gasteiger partial charge in [0, 0.05) is 13.2 Å². The average Bonchev–Trinajstić information content (AvgIpc) is 2.65. The summed E-state index contributed by atoms with van der Waals surface area (Å²) in [6, 6.07) is -0.377. The van der Waals surface area contributed by atoms with Crippen molar-refractivity contribution >= 4 is 23.7 Å². The molecule has 2 N–H and O–H groups in total. The predicted octanol–water partition coefficient (Wildman–Crippen LogP) is 0.591. The van der Waals surface area contributed by atoms with Gasteiger partial charge in [0.05, 0.1) is 12.6 Å². The molecule has 0 bridgehead atoms. The number of rotatable bonds is 6. The molecule has 0 aliphatic carbocycles. The number of urea groups is 1. The number of thioether (sulfide) groups is 1. The van der Waals surface area contributed by atoms with Gasteiger partial charge in [0.25, 0.3) is 5.91 Å². The second-order valence-electron chi connectivity index (χ2n) is 5.18. The van der Waals surface area contributed by atoms with Crippen LogP contribution in [0.25, 0.3) is 0 Å². The molecular weight excluding hydrogens is 280 g/mol. The zero-order chi connectivity index (χ0) is 14.6. The number of nitrogens with one attached hydrogen (secondary N) is 1. The highest BCUT2D eigenvalue weighted by Gasteiger charge is 2.51. The summed E-state index contributed by atoms with van der Waals surface area (Å²) in [5.41, 5.74) is -0.720. The Morgan fingerprint density at radius 3 is 2.80 bits per heavy atom. The third-order valence-corrected chi connectivity index (χ3v) is 4.77. The van der Waals surface area contributed by atoms with Crippen molar-refractivity contribution in [3.63, 3.8) is 0 Å². The van der Waals surface area contributed by atoms with Gasteiger partial charge < -0.3 is 15.2 Å². The molecule has 3 amide bonds. The molecule has 1 atom stereocenters. The molecule has 2 aliphatic rings. The van der Waals surface area contributed by atoms with E-state index in [1.165, 1.54) is 0 Å². The molecule has 2 saturated heterocycles. The predicted molar refractivity (Wildman–Crippen MR) is 76.7 cm³/mol. The number of amides is 3. The fraction of sp³-hybridized carbons (Fsp3) is 0.846. The average molecular weight is 302 g/mol. The van der Waals surface area contributed by atoms with Gasteiger partial charge in [-0.15, -0.1) is 0 Å². The number of imide groups is 1. The minimum Gasteiger partial charge on any atom is -0.391 e. The molecule has 114 valence electrons. The second kappa shape index (κ2) is 6.78. The zero-order valence-electron chi connectivity index (χ0n) is 11.8. The second-order valence-corrected chi connectivity index (χ2v) is 6.40. The smallest absolute Gasteiger partial charge is 0.325 e. The van der Waals surface area contributed by atoms with Crippen LogP contribution in [0.1, 0.15) is 26.2 Å². The number of carbonyl (C=O) groups excluding carboxylic acids is 2. The number of hydrogen-bond acceptors (Lipinski definition) is 5. The van der Waals surface area contributed by atoms with Gasteiger partial charge in [0.2, 0.25) is 0 Å². The van der Waals surface area contributed by atoms with E-state index in [1.807, 2.05) is 6.92 Å². The standard InChI is InChI=1S/C13H22N2O4S/c1-2-19-6-3-10(16)9-15-11(17)13(14-12(15)18)4-7-20-8-5-13/h10,16H,2-9H2,1H3,(H,14,18). The SMILES string of the molecule is CCOCCC(O)CN1C(=O)NC2(CCSCC2)C1=O. The van der Waals surface area contributed by atoms with Crippen molar-refractivity contribution in [3.8, 4) is 0 Å². The van der Waals surface area contributed by atoms with Crippen molar-refractivity contribution in [1.82, 2.24) is 10.2 Å². The topological polar surface area (TPSA) is 78.9 Å². The van der Waals surface area contributed by atoms with Crippen LogP contribution in [0.5, 0.6) is 0 Å². The Morgan fingerprint density at radius 1 is 1.45 bits per heavy atom. The maximum absolute atomic E-state index is 12.4. The lowest BCUT2D eigenvalue weighted by Crippen LogP contribution is -2.50. The third kappa shape index (κ3) is 3.27. The van der Waals surface area contributed by atoms with Crippen LogP contribution in [0.2, 0.25) is 0 Å². The van der Waals surface area contributed by atoms with Crippen LogP contribution < -0.4 is 5.32 Å². The summed E-state index contributed by atoms with van der Waals surface area (Å²) < 4.78 is 5.17. The lowest BCUT2D eigenvalue weighted by molar-refractivity contribution is -0.132. The van der Waals surface area contributed by atoms with E-state index >= 15 is 0 Å². The molecule has 20 heavy (non-hydrogen) atoms. The molecule has 0 saturated carbocycles. The van der Waals surface area contributed by atoms with Crippen LogP contribution in [0.3, 0.4) is 0 Å². The Hall–Kier alpha value is -0.790. The minimum absolute atomic E-state index is 0.0482. The molecule has 2 fully saturated rings. The molecule has 0 radical (unpaired) electrons. The summed E-state index contributed by atoms with van der Waals surface area (Å²) in [4.78, 5) is 25.6. The summed E-state index contributed by atoms with van der Waals surface area (Å²) in [5, 5.41) is 12.7. The molecule has 6 nitrogen and oxygen atoms in total. The number of aliphatic hydroxyl groups excluding tert-OH is 1. The van der Waals surface area contributed by atoms with Crippen molar-refractivity contribution in [2.24, 2.45) is 0 Å². The largest absolute Gasteiger partial charge is 0.391 e. The Balaban J connectivity index is 1.91. The number of aliphatic hydroxyl groups is 1. The molecule has 1 spiro atoms. The highest BCUT2D eigenvalue weighted by molar-refractivity contribution is 7.99. The quantitative estimate of drug-likeness (QED) is 0.554. The van der Waals surface area contributed by atoms with Gasteiger partial charge in [0.15, 0.2) is 0 Å². The molecule has 2 rings (SSSR count). The Bertz CT molecular complexity index is 371. The molecule has 7 heteroatoms. The van der Waals surface area contributed by atoms with Crippen LogP contribution in [0.15, 0.2) is 0 Å².